The van der Waals surface area contributed by atoms with E-state index in [4.69, 9.17) is 10.5 Å². The summed E-state index contributed by atoms with van der Waals surface area (Å²) >= 11 is 5.13. The van der Waals surface area contributed by atoms with Gasteiger partial charge in [0.15, 0.2) is 0 Å². The Balaban J connectivity index is 2.66. The maximum Gasteiger partial charge on any atom is 0.0701 e. The third-order valence-corrected chi connectivity index (χ3v) is 3.43. The number of methoxy groups -OCH3 is 1. The van der Waals surface area contributed by atoms with Crippen LogP contribution in [0.2, 0.25) is 0 Å². The van der Waals surface area contributed by atoms with E-state index in [2.05, 4.69) is 22.0 Å². The van der Waals surface area contributed by atoms with E-state index in [9.17, 15) is 0 Å². The summed E-state index contributed by atoms with van der Waals surface area (Å²) in [5, 5.41) is 0. The van der Waals surface area contributed by atoms with Gasteiger partial charge in [0, 0.05) is 24.4 Å². The predicted octanol–water partition coefficient (Wildman–Crippen LogP) is 2.20. The molecule has 0 fully saturated rings. The first-order valence-corrected chi connectivity index (χ1v) is 5.33. The van der Waals surface area contributed by atoms with Crippen LogP contribution in [-0.4, -0.2) is 20.3 Å². The minimum atomic E-state index is 0.339. The van der Waals surface area contributed by atoms with Crippen molar-refractivity contribution in [2.75, 3.05) is 20.3 Å². The Kier molecular flexibility index (Phi) is 4.21. The zero-order valence-corrected chi connectivity index (χ0v) is 9.32. The molecule has 0 aliphatic carbocycles. The molecule has 1 rings (SSSR count). The lowest BCUT2D eigenvalue weighted by atomic mass is 10.1. The minimum Gasteiger partial charge on any atom is -0.384 e. The first-order chi connectivity index (χ1) is 5.77. The third-order valence-electron chi connectivity index (χ3n) is 1.65. The van der Waals surface area contributed by atoms with Gasteiger partial charge < -0.3 is 10.5 Å². The van der Waals surface area contributed by atoms with Crippen LogP contribution in [0.3, 0.4) is 0 Å². The molecule has 1 aromatic rings. The van der Waals surface area contributed by atoms with Gasteiger partial charge in [0.2, 0.25) is 0 Å². The number of nitrogens with two attached hydrogens (primary N) is 1. The number of hydrogen-bond donors (Lipinski definition) is 1. The molecule has 1 unspecified atom stereocenters. The summed E-state index contributed by atoms with van der Waals surface area (Å²) in [5.74, 6) is 0.339. The first kappa shape index (κ1) is 10.2. The average molecular weight is 250 g/mol. The smallest absolute Gasteiger partial charge is 0.0701 e. The van der Waals surface area contributed by atoms with Crippen molar-refractivity contribution in [3.63, 3.8) is 0 Å². The average Bonchev–Trinajstić information content (AvgIpc) is 2.47. The van der Waals surface area contributed by atoms with E-state index in [0.29, 0.717) is 19.1 Å². The van der Waals surface area contributed by atoms with Gasteiger partial charge >= 0.3 is 0 Å². The van der Waals surface area contributed by atoms with E-state index >= 15 is 0 Å². The van der Waals surface area contributed by atoms with Crippen LogP contribution in [0.25, 0.3) is 0 Å². The summed E-state index contributed by atoms with van der Waals surface area (Å²) < 4.78 is 6.22. The SMILES string of the molecule is COCC(CN)c1ccc(Br)s1. The molecule has 12 heavy (non-hydrogen) atoms. The lowest BCUT2D eigenvalue weighted by Gasteiger charge is -2.10. The van der Waals surface area contributed by atoms with Crippen molar-refractivity contribution in [2.45, 2.75) is 5.92 Å². The maximum absolute atomic E-state index is 5.61. The van der Waals surface area contributed by atoms with Crippen LogP contribution in [0.15, 0.2) is 15.9 Å². The van der Waals surface area contributed by atoms with E-state index in [1.54, 1.807) is 18.4 Å². The highest BCUT2D eigenvalue weighted by Gasteiger charge is 2.10. The molecule has 0 aliphatic heterocycles. The van der Waals surface area contributed by atoms with Gasteiger partial charge in [-0.25, -0.2) is 0 Å². The van der Waals surface area contributed by atoms with Crippen molar-refractivity contribution in [3.8, 4) is 0 Å². The topological polar surface area (TPSA) is 35.2 Å². The second-order valence-electron chi connectivity index (χ2n) is 2.53. The van der Waals surface area contributed by atoms with Crippen molar-refractivity contribution in [2.24, 2.45) is 5.73 Å². The molecule has 0 radical (unpaired) electrons. The molecule has 0 spiro atoms. The summed E-state index contributed by atoms with van der Waals surface area (Å²) in [7, 11) is 1.70. The number of halogens is 1. The van der Waals surface area contributed by atoms with Gasteiger partial charge in [0.25, 0.3) is 0 Å². The predicted molar refractivity (Wildman–Crippen MR) is 55.7 cm³/mol. The van der Waals surface area contributed by atoms with Gasteiger partial charge in [-0.2, -0.15) is 0 Å². The molecule has 4 heteroatoms. The zero-order valence-electron chi connectivity index (χ0n) is 6.92. The van der Waals surface area contributed by atoms with Gasteiger partial charge in [-0.15, -0.1) is 11.3 Å². The van der Waals surface area contributed by atoms with Crippen LogP contribution in [0.4, 0.5) is 0 Å². The summed E-state index contributed by atoms with van der Waals surface area (Å²) in [5.41, 5.74) is 5.61. The highest BCUT2D eigenvalue weighted by molar-refractivity contribution is 9.11. The van der Waals surface area contributed by atoms with Crippen molar-refractivity contribution >= 4 is 27.3 Å². The molecule has 0 amide bonds. The molecule has 68 valence electrons. The molecule has 0 saturated heterocycles. The fourth-order valence-corrected chi connectivity index (χ4v) is 2.54. The molecule has 1 aromatic heterocycles. The molecule has 0 saturated carbocycles. The number of ether oxygens (including phenoxy) is 1. The fourth-order valence-electron chi connectivity index (χ4n) is 1.02. The zero-order chi connectivity index (χ0) is 8.97. The number of hydrogen-bond acceptors (Lipinski definition) is 3. The maximum atomic E-state index is 5.61. The van der Waals surface area contributed by atoms with Gasteiger partial charge in [-0.1, -0.05) is 0 Å². The second-order valence-corrected chi connectivity index (χ2v) is 5.02. The normalized spacial score (nSPS) is 13.2. The highest BCUT2D eigenvalue weighted by atomic mass is 79.9. The Morgan fingerprint density at radius 3 is 2.83 bits per heavy atom. The highest BCUT2D eigenvalue weighted by Crippen LogP contribution is 2.28. The molecular weight excluding hydrogens is 238 g/mol. The van der Waals surface area contributed by atoms with Gasteiger partial charge in [-0.05, 0) is 28.1 Å². The Morgan fingerprint density at radius 1 is 1.67 bits per heavy atom. The van der Waals surface area contributed by atoms with Crippen molar-refractivity contribution in [1.82, 2.24) is 0 Å². The number of thiophene rings is 1. The van der Waals surface area contributed by atoms with Crippen LogP contribution in [0.5, 0.6) is 0 Å². The molecule has 0 aliphatic rings. The Labute approximate surface area is 84.9 Å². The van der Waals surface area contributed by atoms with Crippen molar-refractivity contribution < 1.29 is 4.74 Å². The molecule has 0 aromatic carbocycles. The van der Waals surface area contributed by atoms with E-state index in [0.717, 1.165) is 3.79 Å². The largest absolute Gasteiger partial charge is 0.384 e. The molecule has 2 nitrogen and oxygen atoms in total. The Hall–Kier alpha value is 0.1000. The lowest BCUT2D eigenvalue weighted by molar-refractivity contribution is 0.182. The van der Waals surface area contributed by atoms with Crippen molar-refractivity contribution in [3.05, 3.63) is 20.8 Å². The summed E-state index contributed by atoms with van der Waals surface area (Å²) in [6.45, 7) is 1.34. The Bertz CT molecular complexity index is 239. The standard InChI is InChI=1S/C8H12BrNOS/c1-11-5-6(4-10)7-2-3-8(9)12-7/h2-3,6H,4-5,10H2,1H3. The van der Waals surface area contributed by atoms with E-state index in [1.165, 1.54) is 4.88 Å². The monoisotopic (exact) mass is 249 g/mol. The van der Waals surface area contributed by atoms with Gasteiger partial charge in [0.05, 0.1) is 10.4 Å². The van der Waals surface area contributed by atoms with Gasteiger partial charge in [-0.3, -0.25) is 0 Å². The van der Waals surface area contributed by atoms with Crippen LogP contribution >= 0.6 is 27.3 Å². The van der Waals surface area contributed by atoms with Crippen LogP contribution < -0.4 is 5.73 Å². The molecule has 1 heterocycles. The quantitative estimate of drug-likeness (QED) is 0.889. The van der Waals surface area contributed by atoms with Crippen LogP contribution in [-0.2, 0) is 4.74 Å². The summed E-state index contributed by atoms with van der Waals surface area (Å²) in [4.78, 5) is 1.28. The molecule has 0 bridgehead atoms. The molecule has 1 atom stereocenters. The molecule has 2 N–H and O–H groups in total. The van der Waals surface area contributed by atoms with E-state index in [1.807, 2.05) is 6.07 Å². The minimum absolute atomic E-state index is 0.339. The van der Waals surface area contributed by atoms with E-state index < -0.39 is 0 Å². The summed E-state index contributed by atoms with van der Waals surface area (Å²) in [6.07, 6.45) is 0. The Morgan fingerprint density at radius 2 is 2.42 bits per heavy atom. The van der Waals surface area contributed by atoms with Gasteiger partial charge in [0.1, 0.15) is 0 Å². The first-order valence-electron chi connectivity index (χ1n) is 3.72. The third kappa shape index (κ3) is 2.55. The van der Waals surface area contributed by atoms with E-state index in [-0.39, 0.29) is 0 Å². The fraction of sp³-hybridized carbons (Fsp3) is 0.500. The summed E-state index contributed by atoms with van der Waals surface area (Å²) in [6, 6.07) is 4.13. The van der Waals surface area contributed by atoms with Crippen LogP contribution in [0, 0.1) is 0 Å². The lowest BCUT2D eigenvalue weighted by Crippen LogP contribution is -2.15. The molecular formula is C8H12BrNOS. The van der Waals surface area contributed by atoms with Crippen LogP contribution in [0.1, 0.15) is 10.8 Å². The second kappa shape index (κ2) is 4.97. The number of rotatable bonds is 4. The van der Waals surface area contributed by atoms with Crippen molar-refractivity contribution in [1.29, 1.82) is 0 Å².